The van der Waals surface area contributed by atoms with E-state index >= 15 is 0 Å². The highest BCUT2D eigenvalue weighted by atomic mass is 16.2. The fourth-order valence-electron chi connectivity index (χ4n) is 5.41. The Morgan fingerprint density at radius 2 is 1.73 bits per heavy atom. The number of piperazine rings is 1. The summed E-state index contributed by atoms with van der Waals surface area (Å²) >= 11 is 0. The number of amides is 3. The predicted octanol–water partition coefficient (Wildman–Crippen LogP) is 0.343. The van der Waals surface area contributed by atoms with Crippen LogP contribution in [0.3, 0.4) is 0 Å². The van der Waals surface area contributed by atoms with Crippen LogP contribution >= 0.6 is 0 Å². The van der Waals surface area contributed by atoms with Gasteiger partial charge in [-0.05, 0) is 61.9 Å². The summed E-state index contributed by atoms with van der Waals surface area (Å²) in [5, 5.41) is 2.70. The molecule has 2 saturated heterocycles. The fraction of sp³-hybridized carbons (Fsp3) is 0.538. The quantitative estimate of drug-likeness (QED) is 0.529. The third-order valence-electron chi connectivity index (χ3n) is 7.78. The molecule has 11 nitrogen and oxygen atoms in total. The SMILES string of the molecule is Cc1cc(-n2ccc(NC(=O)N3CCN(C(=O)C(C)(C)N)CC3)nc2=O)ccc1CN1CC2C(N)C2C1. The number of nitrogens with one attached hydrogen (secondary N) is 1. The van der Waals surface area contributed by atoms with E-state index < -0.39 is 11.2 Å². The highest BCUT2D eigenvalue weighted by Gasteiger charge is 2.53. The van der Waals surface area contributed by atoms with Crippen LogP contribution in [0.5, 0.6) is 0 Å². The number of hydrogen-bond acceptors (Lipinski definition) is 7. The van der Waals surface area contributed by atoms with Gasteiger partial charge in [-0.25, -0.2) is 9.59 Å². The van der Waals surface area contributed by atoms with E-state index in [1.807, 2.05) is 12.1 Å². The predicted molar refractivity (Wildman–Crippen MR) is 140 cm³/mol. The van der Waals surface area contributed by atoms with Crippen LogP contribution in [0.4, 0.5) is 10.6 Å². The summed E-state index contributed by atoms with van der Waals surface area (Å²) in [6.07, 6.45) is 1.62. The van der Waals surface area contributed by atoms with Gasteiger partial charge in [-0.1, -0.05) is 6.07 Å². The lowest BCUT2D eigenvalue weighted by Gasteiger charge is -2.37. The maximum Gasteiger partial charge on any atom is 0.354 e. The Morgan fingerprint density at radius 1 is 1.08 bits per heavy atom. The molecule has 11 heteroatoms. The van der Waals surface area contributed by atoms with Gasteiger partial charge >= 0.3 is 11.7 Å². The van der Waals surface area contributed by atoms with Crippen LogP contribution in [0.25, 0.3) is 5.69 Å². The van der Waals surface area contributed by atoms with Gasteiger partial charge in [-0.15, -0.1) is 0 Å². The van der Waals surface area contributed by atoms with E-state index in [0.29, 0.717) is 44.1 Å². The number of aryl methyl sites for hydroxylation is 1. The Hall–Kier alpha value is -3.28. The average molecular weight is 509 g/mol. The van der Waals surface area contributed by atoms with Crippen LogP contribution in [-0.2, 0) is 11.3 Å². The van der Waals surface area contributed by atoms with Gasteiger partial charge in [-0.3, -0.25) is 19.6 Å². The van der Waals surface area contributed by atoms with Crippen molar-refractivity contribution in [3.63, 3.8) is 0 Å². The number of fused-ring (bicyclic) bond motifs is 1. The number of aromatic nitrogens is 2. The van der Waals surface area contributed by atoms with E-state index in [9.17, 15) is 14.4 Å². The molecule has 2 unspecified atom stereocenters. The monoisotopic (exact) mass is 508 g/mol. The first-order chi connectivity index (χ1) is 17.5. The molecule has 5 N–H and O–H groups in total. The molecule has 37 heavy (non-hydrogen) atoms. The van der Waals surface area contributed by atoms with Crippen molar-refractivity contribution in [1.29, 1.82) is 0 Å². The topological polar surface area (TPSA) is 143 Å². The highest BCUT2D eigenvalue weighted by Crippen LogP contribution is 2.44. The highest BCUT2D eigenvalue weighted by molar-refractivity contribution is 5.89. The van der Waals surface area contributed by atoms with E-state index in [0.717, 1.165) is 30.9 Å². The molecule has 3 amide bonds. The van der Waals surface area contributed by atoms with Crippen molar-refractivity contribution in [3.8, 4) is 5.69 Å². The summed E-state index contributed by atoms with van der Waals surface area (Å²) in [6.45, 7) is 9.96. The van der Waals surface area contributed by atoms with Gasteiger partial charge in [0.25, 0.3) is 0 Å². The summed E-state index contributed by atoms with van der Waals surface area (Å²) in [5.74, 6) is 1.35. The molecule has 198 valence electrons. The molecule has 0 radical (unpaired) electrons. The van der Waals surface area contributed by atoms with Crippen LogP contribution in [0.2, 0.25) is 0 Å². The molecule has 3 fully saturated rings. The second-order valence-electron chi connectivity index (χ2n) is 11.1. The Balaban J connectivity index is 1.18. The van der Waals surface area contributed by atoms with Crippen molar-refractivity contribution in [3.05, 3.63) is 52.1 Å². The maximum atomic E-state index is 12.8. The largest absolute Gasteiger partial charge is 0.354 e. The van der Waals surface area contributed by atoms with E-state index in [1.165, 1.54) is 10.1 Å². The molecule has 3 aliphatic rings. The smallest absolute Gasteiger partial charge is 0.338 e. The zero-order chi connectivity index (χ0) is 26.5. The maximum absolute atomic E-state index is 12.8. The van der Waals surface area contributed by atoms with Crippen molar-refractivity contribution in [2.45, 2.75) is 38.9 Å². The number of nitrogens with two attached hydrogens (primary N) is 2. The van der Waals surface area contributed by atoms with E-state index in [1.54, 1.807) is 35.9 Å². The molecule has 0 spiro atoms. The summed E-state index contributed by atoms with van der Waals surface area (Å²) in [4.78, 5) is 47.6. The average Bonchev–Trinajstić information content (AvgIpc) is 3.24. The molecular formula is C26H36N8O3. The van der Waals surface area contributed by atoms with Crippen LogP contribution in [0, 0.1) is 18.8 Å². The van der Waals surface area contributed by atoms with Gasteiger partial charge in [0.15, 0.2) is 0 Å². The third kappa shape index (κ3) is 5.25. The number of piperidine rings is 1. The lowest BCUT2D eigenvalue weighted by atomic mass is 10.1. The Kier molecular flexibility index (Phi) is 6.55. The summed E-state index contributed by atoms with van der Waals surface area (Å²) in [5.41, 5.74) is 13.6. The number of rotatable bonds is 5. The normalized spacial score (nSPS) is 23.6. The number of carbonyl (C=O) groups is 2. The Labute approximate surface area is 216 Å². The molecule has 1 saturated carbocycles. The molecule has 5 rings (SSSR count). The van der Waals surface area contributed by atoms with Gasteiger partial charge < -0.3 is 21.3 Å². The van der Waals surface area contributed by atoms with Gasteiger partial charge in [0.05, 0.1) is 11.2 Å². The molecule has 2 atom stereocenters. The standard InChI is InChI=1S/C26H36N8O3/c1-16-12-18(5-4-17(16)13-31-14-19-20(15-31)22(19)27)34-7-6-21(30-25(34)37)29-24(36)33-10-8-32(9-11-33)23(35)26(2,3)28/h4-7,12,19-20,22H,8-11,13-15,27-28H2,1-3H3,(H,29,30,36,37). The number of hydrogen-bond donors (Lipinski definition) is 3. The van der Waals surface area contributed by atoms with E-state index in [2.05, 4.69) is 28.2 Å². The number of anilines is 1. The van der Waals surface area contributed by atoms with Crippen LogP contribution in [-0.4, -0.2) is 87.0 Å². The van der Waals surface area contributed by atoms with E-state index in [4.69, 9.17) is 11.5 Å². The van der Waals surface area contributed by atoms with Gasteiger partial charge in [-0.2, -0.15) is 4.98 Å². The molecule has 1 aromatic heterocycles. The molecule has 3 heterocycles. The lowest BCUT2D eigenvalue weighted by Crippen LogP contribution is -2.58. The Bertz CT molecular complexity index is 1250. The molecular weight excluding hydrogens is 472 g/mol. The second-order valence-corrected chi connectivity index (χ2v) is 11.1. The summed E-state index contributed by atoms with van der Waals surface area (Å²) in [7, 11) is 0. The van der Waals surface area contributed by atoms with E-state index in [-0.39, 0.29) is 17.8 Å². The van der Waals surface area contributed by atoms with Crippen molar-refractivity contribution in [2.24, 2.45) is 23.3 Å². The number of nitrogens with zero attached hydrogens (tertiary/aromatic N) is 5. The first-order valence-corrected chi connectivity index (χ1v) is 12.8. The zero-order valence-electron chi connectivity index (χ0n) is 21.7. The van der Waals surface area contributed by atoms with Crippen LogP contribution < -0.4 is 22.5 Å². The number of likely N-dealkylation sites (tertiary alicyclic amines) is 1. The molecule has 1 aromatic carbocycles. The summed E-state index contributed by atoms with van der Waals surface area (Å²) in [6, 6.07) is 7.62. The first kappa shape index (κ1) is 25.4. The first-order valence-electron chi connectivity index (χ1n) is 12.8. The Morgan fingerprint density at radius 3 is 2.32 bits per heavy atom. The van der Waals surface area contributed by atoms with Gasteiger partial charge in [0, 0.05) is 58.1 Å². The third-order valence-corrected chi connectivity index (χ3v) is 7.78. The number of urea groups is 1. The lowest BCUT2D eigenvalue weighted by molar-refractivity contribution is -0.137. The number of benzene rings is 1. The van der Waals surface area contributed by atoms with Gasteiger partial charge in [0.1, 0.15) is 5.82 Å². The summed E-state index contributed by atoms with van der Waals surface area (Å²) < 4.78 is 1.47. The molecule has 1 aliphatic carbocycles. The van der Waals surface area contributed by atoms with Crippen molar-refractivity contribution >= 4 is 17.8 Å². The van der Waals surface area contributed by atoms with Gasteiger partial charge in [0.2, 0.25) is 5.91 Å². The van der Waals surface area contributed by atoms with Crippen LogP contribution in [0.15, 0.2) is 35.3 Å². The van der Waals surface area contributed by atoms with Crippen LogP contribution in [0.1, 0.15) is 25.0 Å². The minimum absolute atomic E-state index is 0.140. The number of carbonyl (C=O) groups excluding carboxylic acids is 2. The minimum atomic E-state index is -0.944. The zero-order valence-corrected chi connectivity index (χ0v) is 21.7. The molecule has 2 aliphatic heterocycles. The van der Waals surface area contributed by atoms with Crippen molar-refractivity contribution < 1.29 is 9.59 Å². The minimum Gasteiger partial charge on any atom is -0.338 e. The molecule has 2 aromatic rings. The molecule has 0 bridgehead atoms. The fourth-order valence-corrected chi connectivity index (χ4v) is 5.41. The second kappa shape index (κ2) is 9.55. The van der Waals surface area contributed by atoms with Crippen molar-refractivity contribution in [1.82, 2.24) is 24.3 Å². The van der Waals surface area contributed by atoms with Crippen molar-refractivity contribution in [2.75, 3.05) is 44.6 Å².